The Kier molecular flexibility index (Phi) is 4.87. The number of hydrogen-bond acceptors (Lipinski definition) is 5. The van der Waals surface area contributed by atoms with E-state index in [0.29, 0.717) is 36.4 Å². The fraction of sp³-hybridized carbons (Fsp3) is 0.429. The Bertz CT molecular complexity index is 984. The molecule has 2 aromatic rings. The zero-order chi connectivity index (χ0) is 20.8. The maximum absolute atomic E-state index is 11.6. The minimum Gasteiger partial charge on any atom is -0.507 e. The van der Waals surface area contributed by atoms with Crippen LogP contribution in [0.1, 0.15) is 40.8 Å². The number of aryl methyl sites for hydroxylation is 1. The molecule has 1 aromatic heterocycles. The molecule has 0 aliphatic carbocycles. The first-order valence-electron chi connectivity index (χ1n) is 9.18. The van der Waals surface area contributed by atoms with Gasteiger partial charge in [0, 0.05) is 37.2 Å². The molecule has 7 heteroatoms. The number of phenols is 1. The van der Waals surface area contributed by atoms with E-state index in [2.05, 4.69) is 0 Å². The van der Waals surface area contributed by atoms with Crippen LogP contribution in [0.25, 0.3) is 0 Å². The molecule has 3 N–H and O–H groups in total. The molecule has 0 saturated heterocycles. The van der Waals surface area contributed by atoms with E-state index >= 15 is 0 Å². The van der Waals surface area contributed by atoms with Crippen LogP contribution in [-0.4, -0.2) is 31.5 Å². The van der Waals surface area contributed by atoms with Crippen molar-refractivity contribution < 1.29 is 24.9 Å². The first-order valence-corrected chi connectivity index (χ1v) is 9.18. The van der Waals surface area contributed by atoms with Crippen LogP contribution < -0.4 is 10.2 Å². The summed E-state index contributed by atoms with van der Waals surface area (Å²) in [7, 11) is 0. The van der Waals surface area contributed by atoms with Crippen LogP contribution in [0.2, 0.25) is 0 Å². The summed E-state index contributed by atoms with van der Waals surface area (Å²) in [5.74, 6) is -0.415. The van der Waals surface area contributed by atoms with Gasteiger partial charge in [-0.2, -0.15) is 0 Å². The largest absolute Gasteiger partial charge is 0.507 e. The second-order valence-corrected chi connectivity index (χ2v) is 7.62. The highest BCUT2D eigenvalue weighted by Crippen LogP contribution is 2.47. The first-order chi connectivity index (χ1) is 13.1. The van der Waals surface area contributed by atoms with E-state index in [1.54, 1.807) is 17.7 Å². The van der Waals surface area contributed by atoms with Crippen LogP contribution in [0, 0.1) is 27.7 Å². The third-order valence-corrected chi connectivity index (χ3v) is 5.85. The molecular formula is C21H25NO6. The second-order valence-electron chi connectivity index (χ2n) is 7.62. The monoisotopic (exact) mass is 387 g/mol. The van der Waals surface area contributed by atoms with Gasteiger partial charge < -0.3 is 24.6 Å². The maximum Gasteiger partial charge on any atom is 0.307 e. The smallest absolute Gasteiger partial charge is 0.307 e. The number of hydrogen-bond donors (Lipinski definition) is 3. The van der Waals surface area contributed by atoms with Gasteiger partial charge in [0.25, 0.3) is 0 Å². The lowest BCUT2D eigenvalue weighted by Gasteiger charge is -2.28. The van der Waals surface area contributed by atoms with Crippen molar-refractivity contribution in [2.24, 2.45) is 0 Å². The summed E-state index contributed by atoms with van der Waals surface area (Å²) in [6.45, 7) is 7.49. The number of phenolic OH excluding ortho intramolecular Hbond substituents is 1. The number of carbonyl (C=O) groups is 1. The quantitative estimate of drug-likeness (QED) is 0.728. The van der Waals surface area contributed by atoms with Crippen molar-refractivity contribution in [1.29, 1.82) is 0 Å². The van der Waals surface area contributed by atoms with Gasteiger partial charge in [0.05, 0.1) is 12.1 Å². The van der Waals surface area contributed by atoms with Crippen molar-refractivity contribution in [3.8, 4) is 17.2 Å². The molecule has 1 aromatic carbocycles. The highest BCUT2D eigenvalue weighted by atomic mass is 16.5. The molecule has 0 radical (unpaired) electrons. The highest BCUT2D eigenvalue weighted by molar-refractivity contribution is 5.69. The van der Waals surface area contributed by atoms with E-state index in [-0.39, 0.29) is 17.9 Å². The zero-order valence-electron chi connectivity index (χ0n) is 16.5. The average molecular weight is 387 g/mol. The average Bonchev–Trinajstić information content (AvgIpc) is 3.01. The van der Waals surface area contributed by atoms with Crippen molar-refractivity contribution in [1.82, 2.24) is 4.57 Å². The van der Waals surface area contributed by atoms with Gasteiger partial charge in [0.2, 0.25) is 5.43 Å². The molecule has 1 aliphatic rings. The second kappa shape index (κ2) is 6.89. The molecule has 150 valence electrons. The Labute approximate surface area is 162 Å². The molecule has 1 aliphatic heterocycles. The highest BCUT2D eigenvalue weighted by Gasteiger charge is 2.43. The van der Waals surface area contributed by atoms with Gasteiger partial charge in [-0.15, -0.1) is 0 Å². The summed E-state index contributed by atoms with van der Waals surface area (Å²) in [6, 6.07) is 1.28. The molecule has 1 atom stereocenters. The minimum atomic E-state index is -0.969. The van der Waals surface area contributed by atoms with E-state index in [9.17, 15) is 24.9 Å². The van der Waals surface area contributed by atoms with Crippen LogP contribution in [0.5, 0.6) is 17.2 Å². The van der Waals surface area contributed by atoms with Crippen LogP contribution in [0.15, 0.2) is 17.1 Å². The number of carboxylic acid groups (broad SMARTS) is 1. The number of benzene rings is 1. The normalized spacial score (nSPS) is 18.0. The van der Waals surface area contributed by atoms with Gasteiger partial charge >= 0.3 is 5.97 Å². The Balaban J connectivity index is 1.96. The van der Waals surface area contributed by atoms with Crippen molar-refractivity contribution >= 4 is 5.97 Å². The molecule has 0 fully saturated rings. The number of aromatic hydroxyl groups is 2. The summed E-state index contributed by atoms with van der Waals surface area (Å²) in [4.78, 5) is 23.1. The van der Waals surface area contributed by atoms with Crippen molar-refractivity contribution in [3.63, 3.8) is 0 Å². The Morgan fingerprint density at radius 3 is 2.46 bits per heavy atom. The molecule has 7 nitrogen and oxygen atoms in total. The lowest BCUT2D eigenvalue weighted by molar-refractivity contribution is -0.141. The fourth-order valence-electron chi connectivity index (χ4n) is 3.93. The van der Waals surface area contributed by atoms with Crippen LogP contribution in [-0.2, 0) is 17.8 Å². The summed E-state index contributed by atoms with van der Waals surface area (Å²) < 4.78 is 7.96. The van der Waals surface area contributed by atoms with Crippen molar-refractivity contribution in [3.05, 3.63) is 50.4 Å². The van der Waals surface area contributed by atoms with E-state index in [4.69, 9.17) is 4.74 Å². The van der Waals surface area contributed by atoms with E-state index in [1.807, 2.05) is 20.8 Å². The van der Waals surface area contributed by atoms with Gasteiger partial charge in [-0.05, 0) is 44.4 Å². The number of nitrogens with zero attached hydrogens (tertiary/aromatic N) is 1. The van der Waals surface area contributed by atoms with E-state index in [1.165, 1.54) is 6.07 Å². The standard InChI is InChI=1S/C21H25NO6/c1-11-12(2)20-15(13(3)18(11)26)9-21(28-20,10-17(24)25)6-8-22-7-5-16(23)19(27)14(22)4/h5,7,26-27H,6,8-10H2,1-4H3,(H,24,25). The number of aliphatic carboxylic acids is 1. The molecule has 3 rings (SSSR count). The summed E-state index contributed by atoms with van der Waals surface area (Å²) in [5, 5.41) is 29.7. The van der Waals surface area contributed by atoms with Crippen molar-refractivity contribution in [2.45, 2.75) is 59.1 Å². The fourth-order valence-corrected chi connectivity index (χ4v) is 3.93. The van der Waals surface area contributed by atoms with Crippen LogP contribution in [0.4, 0.5) is 0 Å². The van der Waals surface area contributed by atoms with E-state index < -0.39 is 17.0 Å². The molecule has 28 heavy (non-hydrogen) atoms. The third kappa shape index (κ3) is 3.21. The van der Waals surface area contributed by atoms with Gasteiger partial charge in [0.1, 0.15) is 17.1 Å². The number of carboxylic acids is 1. The lowest BCUT2D eigenvalue weighted by atomic mass is 9.87. The summed E-state index contributed by atoms with van der Waals surface area (Å²) in [5.41, 5.74) is 2.09. The van der Waals surface area contributed by atoms with Gasteiger partial charge in [-0.3, -0.25) is 9.59 Å². The summed E-state index contributed by atoms with van der Waals surface area (Å²) in [6.07, 6.45) is 2.14. The summed E-state index contributed by atoms with van der Waals surface area (Å²) >= 11 is 0. The predicted molar refractivity (Wildman–Crippen MR) is 103 cm³/mol. The van der Waals surface area contributed by atoms with Gasteiger partial charge in [-0.25, -0.2) is 0 Å². The predicted octanol–water partition coefficient (Wildman–Crippen LogP) is 2.73. The Morgan fingerprint density at radius 2 is 1.82 bits per heavy atom. The SMILES string of the molecule is Cc1c(C)c2c(c(C)c1O)CC(CCn1ccc(=O)c(O)c1C)(CC(=O)O)O2. The number of aromatic nitrogens is 1. The van der Waals surface area contributed by atoms with Gasteiger partial charge in [0.15, 0.2) is 5.75 Å². The number of ether oxygens (including phenoxy) is 1. The zero-order valence-corrected chi connectivity index (χ0v) is 16.5. The topological polar surface area (TPSA) is 109 Å². The maximum atomic E-state index is 11.6. The molecule has 0 amide bonds. The minimum absolute atomic E-state index is 0.189. The molecule has 0 bridgehead atoms. The number of rotatable bonds is 5. The molecular weight excluding hydrogens is 362 g/mol. The first kappa shape index (κ1) is 19.8. The van der Waals surface area contributed by atoms with E-state index in [0.717, 1.165) is 16.7 Å². The molecule has 2 heterocycles. The van der Waals surface area contributed by atoms with Gasteiger partial charge in [-0.1, -0.05) is 0 Å². The van der Waals surface area contributed by atoms with Crippen LogP contribution in [0.3, 0.4) is 0 Å². The Morgan fingerprint density at radius 1 is 1.14 bits per heavy atom. The molecule has 1 unspecified atom stereocenters. The number of pyridine rings is 1. The Hall–Kier alpha value is -2.96. The van der Waals surface area contributed by atoms with Crippen molar-refractivity contribution in [2.75, 3.05) is 0 Å². The molecule has 0 spiro atoms. The third-order valence-electron chi connectivity index (χ3n) is 5.85. The van der Waals surface area contributed by atoms with Crippen LogP contribution >= 0.6 is 0 Å². The number of fused-ring (bicyclic) bond motifs is 1. The lowest BCUT2D eigenvalue weighted by Crippen LogP contribution is -2.38. The molecule has 0 saturated carbocycles.